The zero-order valence-electron chi connectivity index (χ0n) is 10.00. The molecule has 1 saturated carbocycles. The van der Waals surface area contributed by atoms with E-state index in [0.717, 1.165) is 17.7 Å². The maximum Gasteiger partial charge on any atom is 0.224 e. The predicted molar refractivity (Wildman–Crippen MR) is 69.6 cm³/mol. The van der Waals surface area contributed by atoms with Gasteiger partial charge in [0.2, 0.25) is 5.95 Å². The van der Waals surface area contributed by atoms with Crippen molar-refractivity contribution in [2.45, 2.75) is 18.4 Å². The summed E-state index contributed by atoms with van der Waals surface area (Å²) >= 11 is 0. The lowest BCUT2D eigenvalue weighted by molar-refractivity contribution is 0.510. The second-order valence-corrected chi connectivity index (χ2v) is 4.64. The third-order valence-electron chi connectivity index (χ3n) is 3.32. The lowest BCUT2D eigenvalue weighted by atomic mass is 10.3. The summed E-state index contributed by atoms with van der Waals surface area (Å²) in [6.07, 6.45) is 4.30. The smallest absolute Gasteiger partial charge is 0.224 e. The largest absolute Gasteiger partial charge is 0.469 e. The van der Waals surface area contributed by atoms with Gasteiger partial charge in [-0.15, -0.1) is 0 Å². The Balaban J connectivity index is 1.61. The molecule has 0 spiro atoms. The van der Waals surface area contributed by atoms with Gasteiger partial charge in [0.15, 0.2) is 11.5 Å². The van der Waals surface area contributed by atoms with Crippen LogP contribution in [0.25, 0.3) is 11.2 Å². The number of nitrogen functional groups attached to an aromatic ring is 1. The van der Waals surface area contributed by atoms with Crippen molar-refractivity contribution in [1.82, 2.24) is 19.9 Å². The van der Waals surface area contributed by atoms with Crippen LogP contribution in [-0.2, 0) is 0 Å². The Kier molecular flexibility index (Phi) is 2.02. The minimum Gasteiger partial charge on any atom is -0.469 e. The molecule has 0 aromatic carbocycles. The number of rotatable bonds is 3. The van der Waals surface area contributed by atoms with Crippen LogP contribution < -0.4 is 11.1 Å². The van der Waals surface area contributed by atoms with E-state index in [-0.39, 0.29) is 5.95 Å². The molecule has 4 rings (SSSR count). The third-order valence-corrected chi connectivity index (χ3v) is 3.32. The van der Waals surface area contributed by atoms with Crippen LogP contribution >= 0.6 is 0 Å². The van der Waals surface area contributed by atoms with Crippen molar-refractivity contribution in [1.29, 1.82) is 0 Å². The lowest BCUT2D eigenvalue weighted by Gasteiger charge is -2.05. The molecule has 7 heteroatoms. The molecule has 0 aliphatic heterocycles. The van der Waals surface area contributed by atoms with Gasteiger partial charge in [-0.25, -0.2) is 4.98 Å². The number of fused-ring (bicyclic) bond motifs is 1. The molecule has 4 N–H and O–H groups in total. The van der Waals surface area contributed by atoms with Gasteiger partial charge in [0.25, 0.3) is 0 Å². The highest BCUT2D eigenvalue weighted by atomic mass is 16.3. The fraction of sp³-hybridized carbons (Fsp3) is 0.250. The molecule has 1 fully saturated rings. The fourth-order valence-electron chi connectivity index (χ4n) is 2.30. The molecule has 0 saturated heterocycles. The molecule has 0 bridgehead atoms. The number of hydrogen-bond acceptors (Lipinski definition) is 6. The van der Waals surface area contributed by atoms with E-state index in [9.17, 15) is 0 Å². The van der Waals surface area contributed by atoms with Crippen molar-refractivity contribution < 1.29 is 4.42 Å². The summed E-state index contributed by atoms with van der Waals surface area (Å²) in [5, 5.41) is 3.36. The van der Waals surface area contributed by atoms with E-state index in [0.29, 0.717) is 23.4 Å². The monoisotopic (exact) mass is 256 g/mol. The Morgan fingerprint density at radius 3 is 3.21 bits per heavy atom. The Morgan fingerprint density at radius 1 is 1.42 bits per heavy atom. The van der Waals surface area contributed by atoms with E-state index in [1.54, 1.807) is 12.6 Å². The van der Waals surface area contributed by atoms with Crippen molar-refractivity contribution >= 4 is 22.9 Å². The van der Waals surface area contributed by atoms with Crippen LogP contribution in [0, 0.1) is 0 Å². The number of aromatic amines is 1. The summed E-state index contributed by atoms with van der Waals surface area (Å²) in [6.45, 7) is 0. The molecule has 3 aromatic rings. The van der Waals surface area contributed by atoms with Gasteiger partial charge in [0.05, 0.1) is 12.6 Å². The number of nitrogens with zero attached hydrogens (tertiary/aromatic N) is 3. The first-order valence-corrected chi connectivity index (χ1v) is 6.08. The quantitative estimate of drug-likeness (QED) is 0.655. The Hall–Kier alpha value is -2.57. The Labute approximate surface area is 108 Å². The highest BCUT2D eigenvalue weighted by Crippen LogP contribution is 2.43. The van der Waals surface area contributed by atoms with Gasteiger partial charge < -0.3 is 20.5 Å². The summed E-state index contributed by atoms with van der Waals surface area (Å²) in [4.78, 5) is 15.4. The second kappa shape index (κ2) is 3.71. The number of imidazole rings is 1. The van der Waals surface area contributed by atoms with Gasteiger partial charge in [-0.3, -0.25) is 0 Å². The fourth-order valence-corrected chi connectivity index (χ4v) is 2.30. The van der Waals surface area contributed by atoms with Crippen LogP contribution in [0.4, 0.5) is 11.8 Å². The van der Waals surface area contributed by atoms with Crippen molar-refractivity contribution in [3.8, 4) is 0 Å². The number of H-pyrrole nitrogens is 1. The zero-order chi connectivity index (χ0) is 12.8. The maximum atomic E-state index is 5.67. The van der Waals surface area contributed by atoms with Gasteiger partial charge >= 0.3 is 0 Å². The molecule has 96 valence electrons. The summed E-state index contributed by atoms with van der Waals surface area (Å²) in [5.74, 6) is 2.31. The van der Waals surface area contributed by atoms with Crippen LogP contribution in [0.1, 0.15) is 18.1 Å². The first-order chi connectivity index (χ1) is 9.31. The van der Waals surface area contributed by atoms with Crippen LogP contribution in [0.5, 0.6) is 0 Å². The molecule has 3 aromatic heterocycles. The second-order valence-electron chi connectivity index (χ2n) is 4.64. The molecule has 19 heavy (non-hydrogen) atoms. The molecule has 7 nitrogen and oxygen atoms in total. The number of nitrogens with one attached hydrogen (secondary N) is 2. The van der Waals surface area contributed by atoms with E-state index < -0.39 is 0 Å². The molecule has 0 amide bonds. The highest BCUT2D eigenvalue weighted by molar-refractivity contribution is 5.83. The average molecular weight is 256 g/mol. The van der Waals surface area contributed by atoms with Crippen LogP contribution in [0.2, 0.25) is 0 Å². The van der Waals surface area contributed by atoms with Gasteiger partial charge in [-0.05, 0) is 18.6 Å². The van der Waals surface area contributed by atoms with Gasteiger partial charge in [-0.2, -0.15) is 9.97 Å². The normalized spacial score (nSPS) is 21.7. The zero-order valence-corrected chi connectivity index (χ0v) is 10.00. The molecular weight excluding hydrogens is 244 g/mol. The maximum absolute atomic E-state index is 5.67. The predicted octanol–water partition coefficient (Wildman–Crippen LogP) is 1.50. The van der Waals surface area contributed by atoms with Crippen molar-refractivity contribution in [2.75, 3.05) is 11.1 Å². The van der Waals surface area contributed by atoms with Crippen LogP contribution in [0.15, 0.2) is 29.1 Å². The van der Waals surface area contributed by atoms with E-state index >= 15 is 0 Å². The number of anilines is 2. The molecular formula is C12H12N6O. The average Bonchev–Trinajstić information content (AvgIpc) is 2.85. The molecule has 1 aliphatic carbocycles. The van der Waals surface area contributed by atoms with Gasteiger partial charge in [0, 0.05) is 12.0 Å². The standard InChI is InChI=1S/C12H12N6O/c13-12-17-10-9(14-5-15-10)11(18-12)16-7-4-6(7)8-2-1-3-19-8/h1-3,5-7H,4H2,(H4,13,14,15,16,17,18)/t6-,7-/m1/s1. The van der Waals surface area contributed by atoms with Crippen molar-refractivity contribution in [3.05, 3.63) is 30.5 Å². The lowest BCUT2D eigenvalue weighted by Crippen LogP contribution is -2.08. The molecule has 0 radical (unpaired) electrons. The van der Waals surface area contributed by atoms with Gasteiger partial charge in [0.1, 0.15) is 11.3 Å². The molecule has 3 heterocycles. The first kappa shape index (κ1) is 10.4. The molecule has 0 unspecified atom stereocenters. The summed E-state index contributed by atoms with van der Waals surface area (Å²) < 4.78 is 5.40. The van der Waals surface area contributed by atoms with Gasteiger partial charge in [-0.1, -0.05) is 0 Å². The third kappa shape index (κ3) is 1.70. The SMILES string of the molecule is Nc1nc(N[C@@H]2C[C@H]2c2ccco2)c2[nH]cnc2n1. The van der Waals surface area contributed by atoms with E-state index in [2.05, 4.69) is 25.3 Å². The van der Waals surface area contributed by atoms with Crippen LogP contribution in [-0.4, -0.2) is 26.0 Å². The minimum absolute atomic E-state index is 0.220. The topological polar surface area (TPSA) is 106 Å². The minimum atomic E-state index is 0.220. The van der Waals surface area contributed by atoms with Crippen molar-refractivity contribution in [3.63, 3.8) is 0 Å². The first-order valence-electron chi connectivity index (χ1n) is 6.08. The van der Waals surface area contributed by atoms with Crippen LogP contribution in [0.3, 0.4) is 0 Å². The highest BCUT2D eigenvalue weighted by Gasteiger charge is 2.41. The summed E-state index contributed by atoms with van der Waals surface area (Å²) in [5.41, 5.74) is 7.03. The molecule has 2 atom stereocenters. The Morgan fingerprint density at radius 2 is 2.37 bits per heavy atom. The number of aromatic nitrogens is 4. The molecule has 1 aliphatic rings. The number of furan rings is 1. The van der Waals surface area contributed by atoms with E-state index in [1.807, 2.05) is 12.1 Å². The summed E-state index contributed by atoms with van der Waals surface area (Å²) in [7, 11) is 0. The van der Waals surface area contributed by atoms with E-state index in [4.69, 9.17) is 10.2 Å². The Bertz CT molecular complexity index is 719. The van der Waals surface area contributed by atoms with E-state index in [1.165, 1.54) is 0 Å². The number of hydrogen-bond donors (Lipinski definition) is 3. The van der Waals surface area contributed by atoms with Crippen molar-refractivity contribution in [2.24, 2.45) is 0 Å². The number of nitrogens with two attached hydrogens (primary N) is 1. The summed E-state index contributed by atoms with van der Waals surface area (Å²) in [6, 6.07) is 4.21.